The fourth-order valence-corrected chi connectivity index (χ4v) is 2.84. The normalized spacial score (nSPS) is 11.1. The van der Waals surface area contributed by atoms with Crippen LogP contribution in [0.1, 0.15) is 31.9 Å². The number of nitriles is 1. The Morgan fingerprint density at radius 2 is 1.83 bits per heavy atom. The Hall–Kier alpha value is -3.59. The molecule has 2 aromatic carbocycles. The summed E-state index contributed by atoms with van der Waals surface area (Å²) in [4.78, 5) is 24.7. The van der Waals surface area contributed by atoms with E-state index in [2.05, 4.69) is 6.07 Å². The minimum Gasteiger partial charge on any atom is -0.489 e. The first-order valence-corrected chi connectivity index (χ1v) is 9.22. The first-order valence-electron chi connectivity index (χ1n) is 9.22. The number of benzene rings is 2. The van der Waals surface area contributed by atoms with E-state index in [1.54, 1.807) is 63.4 Å². The highest BCUT2D eigenvalue weighted by Gasteiger charge is 2.17. The molecule has 0 spiro atoms. The monoisotopic (exact) mass is 390 g/mol. The van der Waals surface area contributed by atoms with E-state index in [1.807, 2.05) is 12.1 Å². The van der Waals surface area contributed by atoms with Gasteiger partial charge in [-0.05, 0) is 68.1 Å². The number of esters is 1. The number of hydrogen-bond acceptors (Lipinski definition) is 5. The fourth-order valence-electron chi connectivity index (χ4n) is 2.84. The van der Waals surface area contributed by atoms with Crippen molar-refractivity contribution in [3.63, 3.8) is 0 Å². The van der Waals surface area contributed by atoms with Crippen LogP contribution in [0.4, 0.5) is 0 Å². The summed E-state index contributed by atoms with van der Waals surface area (Å²) < 4.78 is 12.4. The molecule has 0 saturated carbocycles. The number of carbonyl (C=O) groups is 1. The molecule has 0 radical (unpaired) electrons. The van der Waals surface area contributed by atoms with Gasteiger partial charge in [-0.1, -0.05) is 12.1 Å². The zero-order valence-electron chi connectivity index (χ0n) is 16.6. The SMILES string of the molecule is CC(C)(C)OC(=O)Cn1ccc2cc(OCc3ccc(C#N)cc3)ccc2c1=O. The van der Waals surface area contributed by atoms with Crippen LogP contribution in [0.5, 0.6) is 5.75 Å². The van der Waals surface area contributed by atoms with Crippen molar-refractivity contribution < 1.29 is 14.3 Å². The van der Waals surface area contributed by atoms with Crippen molar-refractivity contribution in [2.45, 2.75) is 39.5 Å². The molecule has 1 heterocycles. The van der Waals surface area contributed by atoms with Gasteiger partial charge in [-0.25, -0.2) is 0 Å². The Kier molecular flexibility index (Phi) is 5.69. The molecule has 0 amide bonds. The summed E-state index contributed by atoms with van der Waals surface area (Å²) >= 11 is 0. The van der Waals surface area contributed by atoms with Crippen molar-refractivity contribution in [1.29, 1.82) is 5.26 Å². The Balaban J connectivity index is 1.74. The van der Waals surface area contributed by atoms with Crippen LogP contribution in [0.2, 0.25) is 0 Å². The molecule has 29 heavy (non-hydrogen) atoms. The van der Waals surface area contributed by atoms with Crippen molar-refractivity contribution in [2.75, 3.05) is 0 Å². The smallest absolute Gasteiger partial charge is 0.326 e. The van der Waals surface area contributed by atoms with Gasteiger partial charge in [-0.15, -0.1) is 0 Å². The van der Waals surface area contributed by atoms with Crippen molar-refractivity contribution in [3.8, 4) is 11.8 Å². The van der Waals surface area contributed by atoms with Crippen molar-refractivity contribution in [3.05, 3.63) is 76.2 Å². The summed E-state index contributed by atoms with van der Waals surface area (Å²) in [6.45, 7) is 5.57. The molecule has 3 aromatic rings. The fraction of sp³-hybridized carbons (Fsp3) is 0.261. The molecule has 148 valence electrons. The summed E-state index contributed by atoms with van der Waals surface area (Å²) in [6, 6.07) is 16.2. The Bertz CT molecular complexity index is 1130. The maximum absolute atomic E-state index is 12.7. The molecule has 6 nitrogen and oxygen atoms in total. The van der Waals surface area contributed by atoms with Crippen molar-refractivity contribution in [2.24, 2.45) is 0 Å². The van der Waals surface area contributed by atoms with Crippen LogP contribution in [0.3, 0.4) is 0 Å². The highest BCUT2D eigenvalue weighted by atomic mass is 16.6. The van der Waals surface area contributed by atoms with Crippen LogP contribution in [0, 0.1) is 11.3 Å². The zero-order valence-corrected chi connectivity index (χ0v) is 16.6. The molecule has 0 aliphatic carbocycles. The second kappa shape index (κ2) is 8.19. The molecule has 0 N–H and O–H groups in total. The lowest BCUT2D eigenvalue weighted by Gasteiger charge is -2.19. The molecule has 0 bridgehead atoms. The van der Waals surface area contributed by atoms with E-state index in [-0.39, 0.29) is 12.1 Å². The van der Waals surface area contributed by atoms with Gasteiger partial charge < -0.3 is 14.0 Å². The van der Waals surface area contributed by atoms with Gasteiger partial charge in [0.15, 0.2) is 0 Å². The molecule has 0 saturated heterocycles. The average molecular weight is 390 g/mol. The van der Waals surface area contributed by atoms with Crippen LogP contribution >= 0.6 is 0 Å². The lowest BCUT2D eigenvalue weighted by molar-refractivity contribution is -0.155. The highest BCUT2D eigenvalue weighted by molar-refractivity contribution is 5.83. The van der Waals surface area contributed by atoms with E-state index in [4.69, 9.17) is 14.7 Å². The molecule has 0 unspecified atom stereocenters. The van der Waals surface area contributed by atoms with Gasteiger partial charge in [-0.3, -0.25) is 9.59 Å². The molecule has 3 rings (SSSR count). The summed E-state index contributed by atoms with van der Waals surface area (Å²) in [5.41, 5.74) is 0.685. The molecule has 0 aliphatic heterocycles. The van der Waals surface area contributed by atoms with Crippen LogP contribution in [0.15, 0.2) is 59.5 Å². The van der Waals surface area contributed by atoms with Crippen LogP contribution in [-0.2, 0) is 22.7 Å². The summed E-state index contributed by atoms with van der Waals surface area (Å²) in [7, 11) is 0. The Morgan fingerprint density at radius 1 is 1.10 bits per heavy atom. The Labute approximate surface area is 168 Å². The maximum Gasteiger partial charge on any atom is 0.326 e. The van der Waals surface area contributed by atoms with Gasteiger partial charge in [0.1, 0.15) is 24.5 Å². The molecular formula is C23H22N2O4. The predicted molar refractivity (Wildman–Crippen MR) is 110 cm³/mol. The number of pyridine rings is 1. The van der Waals surface area contributed by atoms with Crippen LogP contribution < -0.4 is 10.3 Å². The molecule has 0 fully saturated rings. The van der Waals surface area contributed by atoms with Gasteiger partial charge >= 0.3 is 5.97 Å². The molecule has 6 heteroatoms. The van der Waals surface area contributed by atoms with Crippen LogP contribution in [0.25, 0.3) is 10.8 Å². The number of nitrogens with zero attached hydrogens (tertiary/aromatic N) is 2. The van der Waals surface area contributed by atoms with E-state index in [1.165, 1.54) is 4.57 Å². The first-order chi connectivity index (χ1) is 13.7. The number of ether oxygens (including phenoxy) is 2. The second-order valence-corrected chi connectivity index (χ2v) is 7.68. The molecular weight excluding hydrogens is 368 g/mol. The number of rotatable bonds is 5. The standard InChI is InChI=1S/C23H22N2O4/c1-23(2,3)29-21(26)14-25-11-10-18-12-19(8-9-20(18)22(25)27)28-15-17-6-4-16(13-24)5-7-17/h4-12H,14-15H2,1-3H3. The topological polar surface area (TPSA) is 81.3 Å². The second-order valence-electron chi connectivity index (χ2n) is 7.68. The van der Waals surface area contributed by atoms with Gasteiger partial charge in [-0.2, -0.15) is 5.26 Å². The maximum atomic E-state index is 12.7. The lowest BCUT2D eigenvalue weighted by atomic mass is 10.1. The number of fused-ring (bicyclic) bond motifs is 1. The van der Waals surface area contributed by atoms with E-state index < -0.39 is 11.6 Å². The first kappa shape index (κ1) is 20.2. The van der Waals surface area contributed by atoms with Gasteiger partial charge in [0.25, 0.3) is 5.56 Å². The molecule has 0 aliphatic rings. The quantitative estimate of drug-likeness (QED) is 0.619. The van der Waals surface area contributed by atoms with Crippen LogP contribution in [-0.4, -0.2) is 16.1 Å². The zero-order chi connectivity index (χ0) is 21.0. The van der Waals surface area contributed by atoms with Crippen molar-refractivity contribution in [1.82, 2.24) is 4.57 Å². The third-order valence-electron chi connectivity index (χ3n) is 4.16. The average Bonchev–Trinajstić information content (AvgIpc) is 2.67. The molecule has 1 aromatic heterocycles. The largest absolute Gasteiger partial charge is 0.489 e. The van der Waals surface area contributed by atoms with E-state index in [0.717, 1.165) is 10.9 Å². The van der Waals surface area contributed by atoms with E-state index in [0.29, 0.717) is 23.3 Å². The number of hydrogen-bond donors (Lipinski definition) is 0. The summed E-state index contributed by atoms with van der Waals surface area (Å²) in [5, 5.41) is 10.1. The third-order valence-corrected chi connectivity index (χ3v) is 4.16. The lowest BCUT2D eigenvalue weighted by Crippen LogP contribution is -2.30. The third kappa shape index (κ3) is 5.23. The van der Waals surface area contributed by atoms with Gasteiger partial charge in [0, 0.05) is 11.6 Å². The van der Waals surface area contributed by atoms with Gasteiger partial charge in [0.2, 0.25) is 0 Å². The number of carbonyl (C=O) groups excluding carboxylic acids is 1. The van der Waals surface area contributed by atoms with E-state index >= 15 is 0 Å². The van der Waals surface area contributed by atoms with Crippen molar-refractivity contribution >= 4 is 16.7 Å². The predicted octanol–water partition coefficient (Wildman–Crippen LogP) is 3.79. The highest BCUT2D eigenvalue weighted by Crippen LogP contribution is 2.20. The summed E-state index contributed by atoms with van der Waals surface area (Å²) in [6.07, 6.45) is 1.58. The summed E-state index contributed by atoms with van der Waals surface area (Å²) in [5.74, 6) is 0.174. The number of aromatic nitrogens is 1. The minimum absolute atomic E-state index is 0.136. The Morgan fingerprint density at radius 3 is 2.48 bits per heavy atom. The van der Waals surface area contributed by atoms with E-state index in [9.17, 15) is 9.59 Å². The minimum atomic E-state index is -0.599. The van der Waals surface area contributed by atoms with Gasteiger partial charge in [0.05, 0.1) is 11.6 Å². The molecule has 0 atom stereocenters.